The average Bonchev–Trinajstić information content (AvgIpc) is 2.83. The Morgan fingerprint density at radius 1 is 1.00 bits per heavy atom. The fraction of sp³-hybridized carbons (Fsp3) is 0.292. The van der Waals surface area contributed by atoms with Crippen LogP contribution in [0.25, 0.3) is 10.8 Å². The molecule has 7 nitrogen and oxygen atoms in total. The van der Waals surface area contributed by atoms with Crippen LogP contribution in [-0.4, -0.2) is 45.9 Å². The first-order chi connectivity index (χ1) is 15.4. The van der Waals surface area contributed by atoms with Crippen LogP contribution >= 0.6 is 0 Å². The summed E-state index contributed by atoms with van der Waals surface area (Å²) in [6.45, 7) is 0.502. The first-order valence-corrected chi connectivity index (χ1v) is 11.9. The maximum atomic E-state index is 13.3. The molecule has 0 spiro atoms. The maximum Gasteiger partial charge on any atom is 0.243 e. The number of nitrogens with one attached hydrogen (secondary N) is 1. The van der Waals surface area contributed by atoms with Crippen molar-refractivity contribution in [1.29, 1.82) is 0 Å². The first-order valence-electron chi connectivity index (χ1n) is 10.4. The lowest BCUT2D eigenvalue weighted by Gasteiger charge is -2.31. The molecule has 1 atom stereocenters. The normalized spacial score (nSPS) is 17.1. The van der Waals surface area contributed by atoms with Crippen molar-refractivity contribution in [2.24, 2.45) is 5.92 Å². The number of nitrogens with zero attached hydrogens (tertiary/aromatic N) is 1. The van der Waals surface area contributed by atoms with Crippen LogP contribution in [0.4, 0.5) is 5.69 Å². The molecule has 0 aromatic heterocycles. The fourth-order valence-electron chi connectivity index (χ4n) is 4.07. The molecule has 1 aliphatic rings. The summed E-state index contributed by atoms with van der Waals surface area (Å²) in [6, 6.07) is 18.1. The molecule has 1 aliphatic heterocycles. The monoisotopic (exact) mass is 454 g/mol. The van der Waals surface area contributed by atoms with Gasteiger partial charge < -0.3 is 14.8 Å². The van der Waals surface area contributed by atoms with Crippen LogP contribution in [0.15, 0.2) is 65.6 Å². The van der Waals surface area contributed by atoms with Gasteiger partial charge in [0, 0.05) is 30.2 Å². The minimum atomic E-state index is -3.78. The van der Waals surface area contributed by atoms with E-state index in [9.17, 15) is 13.2 Å². The Morgan fingerprint density at radius 2 is 1.75 bits per heavy atom. The van der Waals surface area contributed by atoms with Gasteiger partial charge in [-0.3, -0.25) is 4.79 Å². The zero-order chi connectivity index (χ0) is 22.7. The molecular formula is C24H26N2O5S. The predicted octanol–water partition coefficient (Wildman–Crippen LogP) is 3.90. The summed E-state index contributed by atoms with van der Waals surface area (Å²) in [5, 5.41) is 4.99. The van der Waals surface area contributed by atoms with E-state index in [0.717, 1.165) is 16.5 Å². The highest BCUT2D eigenvalue weighted by Gasteiger charge is 2.34. The lowest BCUT2D eigenvalue weighted by Crippen LogP contribution is -2.43. The molecular weight excluding hydrogens is 428 g/mol. The van der Waals surface area contributed by atoms with Crippen molar-refractivity contribution in [1.82, 2.24) is 4.31 Å². The molecule has 0 unspecified atom stereocenters. The smallest absolute Gasteiger partial charge is 0.243 e. The number of hydrogen-bond donors (Lipinski definition) is 1. The van der Waals surface area contributed by atoms with Gasteiger partial charge in [0.25, 0.3) is 0 Å². The van der Waals surface area contributed by atoms with Crippen LogP contribution in [-0.2, 0) is 14.8 Å². The van der Waals surface area contributed by atoms with Gasteiger partial charge in [0.05, 0.1) is 25.0 Å². The number of benzene rings is 3. The summed E-state index contributed by atoms with van der Waals surface area (Å²) < 4.78 is 38.3. The third-order valence-electron chi connectivity index (χ3n) is 5.80. The Balaban J connectivity index is 1.53. The standard InChI is InChI=1S/C24H26N2O5S/c1-30-22-13-12-19(15-23(22)31-2)32(28,29)26-14-6-9-18(16-26)24(27)25-21-11-5-8-17-7-3-4-10-20(17)21/h3-5,7-8,10-13,15,18H,6,9,14,16H2,1-2H3,(H,25,27)/t18-/m0/s1. The van der Waals surface area contributed by atoms with Crippen molar-refractivity contribution in [2.45, 2.75) is 17.7 Å². The molecule has 0 bridgehead atoms. The highest BCUT2D eigenvalue weighted by Crippen LogP contribution is 2.32. The lowest BCUT2D eigenvalue weighted by molar-refractivity contribution is -0.120. The van der Waals surface area contributed by atoms with Gasteiger partial charge in [-0.2, -0.15) is 4.31 Å². The Labute approximate surface area is 188 Å². The molecule has 8 heteroatoms. The van der Waals surface area contributed by atoms with Gasteiger partial charge in [-0.15, -0.1) is 0 Å². The Hall–Kier alpha value is -3.10. The Morgan fingerprint density at radius 3 is 2.53 bits per heavy atom. The van der Waals surface area contributed by atoms with E-state index in [1.165, 1.54) is 30.7 Å². The van der Waals surface area contributed by atoms with E-state index in [4.69, 9.17) is 9.47 Å². The number of methoxy groups -OCH3 is 2. The van der Waals surface area contributed by atoms with E-state index in [0.29, 0.717) is 30.9 Å². The van der Waals surface area contributed by atoms with Gasteiger partial charge in [-0.25, -0.2) is 8.42 Å². The molecule has 1 fully saturated rings. The van der Waals surface area contributed by atoms with Crippen molar-refractivity contribution in [2.75, 3.05) is 32.6 Å². The number of amides is 1. The van der Waals surface area contributed by atoms with Gasteiger partial charge in [0.2, 0.25) is 15.9 Å². The van der Waals surface area contributed by atoms with Crippen molar-refractivity contribution in [3.05, 3.63) is 60.7 Å². The number of rotatable bonds is 6. The van der Waals surface area contributed by atoms with E-state index in [2.05, 4.69) is 5.32 Å². The highest BCUT2D eigenvalue weighted by atomic mass is 32.2. The van der Waals surface area contributed by atoms with E-state index < -0.39 is 15.9 Å². The topological polar surface area (TPSA) is 84.9 Å². The summed E-state index contributed by atoms with van der Waals surface area (Å²) in [5.74, 6) is 0.194. The molecule has 1 heterocycles. The van der Waals surface area contributed by atoms with Crippen molar-refractivity contribution in [3.8, 4) is 11.5 Å². The van der Waals surface area contributed by atoms with Crippen LogP contribution in [0.3, 0.4) is 0 Å². The first kappa shape index (κ1) is 22.1. The Bertz CT molecular complexity index is 1240. The maximum absolute atomic E-state index is 13.3. The number of anilines is 1. The van der Waals surface area contributed by atoms with Crippen LogP contribution in [0.5, 0.6) is 11.5 Å². The van der Waals surface area contributed by atoms with Crippen molar-refractivity contribution >= 4 is 32.4 Å². The Kier molecular flexibility index (Phi) is 6.34. The number of fused-ring (bicyclic) bond motifs is 1. The van der Waals surface area contributed by atoms with Crippen LogP contribution < -0.4 is 14.8 Å². The minimum absolute atomic E-state index is 0.116. The summed E-state index contributed by atoms with van der Waals surface area (Å²) >= 11 is 0. The lowest BCUT2D eigenvalue weighted by atomic mass is 9.98. The van der Waals surface area contributed by atoms with E-state index >= 15 is 0 Å². The number of ether oxygens (including phenoxy) is 2. The summed E-state index contributed by atoms with van der Waals surface area (Å²) in [6.07, 6.45) is 1.24. The van der Waals surface area contributed by atoms with Crippen LogP contribution in [0.2, 0.25) is 0 Å². The molecule has 1 saturated heterocycles. The molecule has 0 aliphatic carbocycles. The average molecular weight is 455 g/mol. The van der Waals surface area contributed by atoms with Gasteiger partial charge in [-0.05, 0) is 36.4 Å². The number of sulfonamides is 1. The molecule has 0 saturated carbocycles. The quantitative estimate of drug-likeness (QED) is 0.611. The van der Waals surface area contributed by atoms with E-state index in [1.54, 1.807) is 6.07 Å². The molecule has 32 heavy (non-hydrogen) atoms. The number of carbonyl (C=O) groups excluding carboxylic acids is 1. The van der Waals surface area contributed by atoms with Crippen LogP contribution in [0.1, 0.15) is 12.8 Å². The molecule has 168 valence electrons. The molecule has 0 radical (unpaired) electrons. The number of hydrogen-bond acceptors (Lipinski definition) is 5. The second-order valence-corrected chi connectivity index (χ2v) is 9.67. The molecule has 1 amide bonds. The van der Waals surface area contributed by atoms with Crippen molar-refractivity contribution in [3.63, 3.8) is 0 Å². The second kappa shape index (κ2) is 9.18. The zero-order valence-corrected chi connectivity index (χ0v) is 18.9. The third kappa shape index (κ3) is 4.28. The van der Waals surface area contributed by atoms with Gasteiger partial charge in [0.15, 0.2) is 11.5 Å². The zero-order valence-electron chi connectivity index (χ0n) is 18.1. The molecule has 3 aromatic carbocycles. The number of piperidine rings is 1. The van der Waals surface area contributed by atoms with Gasteiger partial charge in [0.1, 0.15) is 0 Å². The molecule has 3 aromatic rings. The summed E-state index contributed by atoms with van der Waals surface area (Å²) in [5.41, 5.74) is 0.730. The highest BCUT2D eigenvalue weighted by molar-refractivity contribution is 7.89. The third-order valence-corrected chi connectivity index (χ3v) is 7.66. The van der Waals surface area contributed by atoms with E-state index in [-0.39, 0.29) is 17.3 Å². The largest absolute Gasteiger partial charge is 0.493 e. The molecule has 1 N–H and O–H groups in total. The SMILES string of the molecule is COc1ccc(S(=O)(=O)N2CCC[C@H](C(=O)Nc3cccc4ccccc34)C2)cc1OC. The van der Waals surface area contributed by atoms with Crippen molar-refractivity contribution < 1.29 is 22.7 Å². The minimum Gasteiger partial charge on any atom is -0.493 e. The number of carbonyl (C=O) groups is 1. The molecule has 4 rings (SSSR count). The summed E-state index contributed by atoms with van der Waals surface area (Å²) in [7, 11) is -0.819. The fourth-order valence-corrected chi connectivity index (χ4v) is 5.61. The summed E-state index contributed by atoms with van der Waals surface area (Å²) in [4.78, 5) is 13.2. The van der Waals surface area contributed by atoms with Crippen LogP contribution in [0, 0.1) is 5.92 Å². The second-order valence-electron chi connectivity index (χ2n) is 7.73. The predicted molar refractivity (Wildman–Crippen MR) is 124 cm³/mol. The van der Waals surface area contributed by atoms with Gasteiger partial charge >= 0.3 is 0 Å². The van der Waals surface area contributed by atoms with E-state index in [1.807, 2.05) is 42.5 Å². The van der Waals surface area contributed by atoms with Gasteiger partial charge in [-0.1, -0.05) is 36.4 Å².